The first-order chi connectivity index (χ1) is 9.15. The minimum atomic E-state index is 0.272. The Morgan fingerprint density at radius 1 is 1.68 bits per heavy atom. The van der Waals surface area contributed by atoms with E-state index in [9.17, 15) is 0 Å². The minimum absolute atomic E-state index is 0.272. The average Bonchev–Trinajstić information content (AvgIpc) is 2.71. The third-order valence-electron chi connectivity index (χ3n) is 3.61. The number of rotatable bonds is 5. The summed E-state index contributed by atoms with van der Waals surface area (Å²) in [4.78, 5) is 3.72. The van der Waals surface area contributed by atoms with E-state index in [4.69, 9.17) is 22.1 Å². The second-order valence-corrected chi connectivity index (χ2v) is 7.52. The monoisotopic (exact) mass is 366 g/mol. The summed E-state index contributed by atoms with van der Waals surface area (Å²) in [6, 6.07) is 2.37. The van der Waals surface area contributed by atoms with Crippen LogP contribution >= 0.6 is 38.9 Å². The molecule has 1 aromatic rings. The van der Waals surface area contributed by atoms with Crippen LogP contribution in [0.2, 0.25) is 4.34 Å². The number of likely N-dealkylation sites (tertiary alicyclic amines) is 1. The smallest absolute Gasteiger partial charge is 0.107 e. The molecule has 1 fully saturated rings. The molecule has 2 atom stereocenters. The van der Waals surface area contributed by atoms with Gasteiger partial charge < -0.3 is 10.5 Å². The zero-order valence-corrected chi connectivity index (χ0v) is 14.2. The zero-order valence-electron chi connectivity index (χ0n) is 11.1. The van der Waals surface area contributed by atoms with Crippen LogP contribution in [-0.2, 0) is 4.74 Å². The van der Waals surface area contributed by atoms with Gasteiger partial charge in [-0.15, -0.1) is 11.3 Å². The summed E-state index contributed by atoms with van der Waals surface area (Å²) in [6.45, 7) is 3.63. The Hall–Kier alpha value is 0.350. The maximum Gasteiger partial charge on any atom is 0.107 e. The van der Waals surface area contributed by atoms with Crippen molar-refractivity contribution in [3.05, 3.63) is 19.8 Å². The van der Waals surface area contributed by atoms with Gasteiger partial charge >= 0.3 is 0 Å². The van der Waals surface area contributed by atoms with Crippen LogP contribution in [0.4, 0.5) is 0 Å². The molecule has 0 aromatic carbocycles. The molecule has 108 valence electrons. The van der Waals surface area contributed by atoms with Crippen molar-refractivity contribution in [3.8, 4) is 0 Å². The van der Waals surface area contributed by atoms with Gasteiger partial charge in [-0.1, -0.05) is 11.6 Å². The molecule has 1 aromatic heterocycles. The third-order valence-corrected chi connectivity index (χ3v) is 6.19. The standard InChI is InChI=1S/C13H20BrClN2OS/c1-18-8-9-3-2-4-17(7-9)11(6-16)12-5-10(14)13(15)19-12/h5,9,11H,2-4,6-8,16H2,1H3. The summed E-state index contributed by atoms with van der Waals surface area (Å²) in [5.74, 6) is 0.617. The lowest BCUT2D eigenvalue weighted by molar-refractivity contribution is 0.0705. The third kappa shape index (κ3) is 3.93. The molecule has 2 heterocycles. The normalized spacial score (nSPS) is 22.6. The lowest BCUT2D eigenvalue weighted by Gasteiger charge is -2.37. The van der Waals surface area contributed by atoms with E-state index in [0.717, 1.165) is 28.5 Å². The van der Waals surface area contributed by atoms with Crippen LogP contribution in [0.1, 0.15) is 23.8 Å². The van der Waals surface area contributed by atoms with Crippen LogP contribution in [0.3, 0.4) is 0 Å². The fraction of sp³-hybridized carbons (Fsp3) is 0.692. The Kier molecular flexibility index (Phi) is 6.11. The second-order valence-electron chi connectivity index (χ2n) is 4.98. The van der Waals surface area contributed by atoms with E-state index in [2.05, 4.69) is 26.9 Å². The van der Waals surface area contributed by atoms with Crippen molar-refractivity contribution >= 4 is 38.9 Å². The molecule has 1 aliphatic rings. The van der Waals surface area contributed by atoms with Gasteiger partial charge in [-0.25, -0.2) is 0 Å². The number of ether oxygens (including phenoxy) is 1. The van der Waals surface area contributed by atoms with Gasteiger partial charge in [0.2, 0.25) is 0 Å². The molecule has 1 saturated heterocycles. The summed E-state index contributed by atoms with van der Waals surface area (Å²) in [5, 5.41) is 0. The van der Waals surface area contributed by atoms with E-state index in [0.29, 0.717) is 12.5 Å². The number of piperidine rings is 1. The Morgan fingerprint density at radius 2 is 2.47 bits per heavy atom. The number of halogens is 2. The van der Waals surface area contributed by atoms with Gasteiger partial charge in [-0.2, -0.15) is 0 Å². The van der Waals surface area contributed by atoms with Crippen molar-refractivity contribution in [2.24, 2.45) is 11.7 Å². The van der Waals surface area contributed by atoms with E-state index in [-0.39, 0.29) is 6.04 Å². The van der Waals surface area contributed by atoms with Crippen LogP contribution in [0.15, 0.2) is 10.5 Å². The van der Waals surface area contributed by atoms with Crippen molar-refractivity contribution in [3.63, 3.8) is 0 Å². The first kappa shape index (κ1) is 15.7. The maximum absolute atomic E-state index is 6.14. The highest BCUT2D eigenvalue weighted by atomic mass is 79.9. The first-order valence-electron chi connectivity index (χ1n) is 6.53. The summed E-state index contributed by atoms with van der Waals surface area (Å²) < 4.78 is 7.06. The minimum Gasteiger partial charge on any atom is -0.384 e. The Labute approximate surface area is 132 Å². The lowest BCUT2D eigenvalue weighted by Crippen LogP contribution is -2.41. The molecule has 3 nitrogen and oxygen atoms in total. The maximum atomic E-state index is 6.14. The fourth-order valence-corrected chi connectivity index (χ4v) is 4.61. The quantitative estimate of drug-likeness (QED) is 0.865. The van der Waals surface area contributed by atoms with Crippen molar-refractivity contribution in [2.45, 2.75) is 18.9 Å². The van der Waals surface area contributed by atoms with E-state index < -0.39 is 0 Å². The molecule has 2 rings (SSSR count). The van der Waals surface area contributed by atoms with Crippen molar-refractivity contribution in [2.75, 3.05) is 33.4 Å². The molecule has 2 unspecified atom stereocenters. The van der Waals surface area contributed by atoms with Gasteiger partial charge in [0.05, 0.1) is 12.6 Å². The molecule has 0 bridgehead atoms. The van der Waals surface area contributed by atoms with E-state index in [1.165, 1.54) is 17.7 Å². The van der Waals surface area contributed by atoms with Crippen LogP contribution in [0, 0.1) is 5.92 Å². The zero-order chi connectivity index (χ0) is 13.8. The lowest BCUT2D eigenvalue weighted by atomic mass is 9.97. The number of nitrogens with zero attached hydrogens (tertiary/aromatic N) is 1. The number of hydrogen-bond donors (Lipinski definition) is 1. The van der Waals surface area contributed by atoms with E-state index in [1.54, 1.807) is 18.4 Å². The van der Waals surface area contributed by atoms with E-state index >= 15 is 0 Å². The number of methoxy groups -OCH3 is 1. The number of nitrogens with two attached hydrogens (primary N) is 1. The molecular formula is C13H20BrClN2OS. The molecule has 6 heteroatoms. The molecule has 0 amide bonds. The highest BCUT2D eigenvalue weighted by molar-refractivity contribution is 9.10. The molecule has 1 aliphatic heterocycles. The van der Waals surface area contributed by atoms with Crippen molar-refractivity contribution < 1.29 is 4.74 Å². The van der Waals surface area contributed by atoms with Gasteiger partial charge in [-0.05, 0) is 47.3 Å². The fourth-order valence-electron chi connectivity index (χ4n) is 2.72. The predicted molar refractivity (Wildman–Crippen MR) is 85.0 cm³/mol. The molecule has 19 heavy (non-hydrogen) atoms. The first-order valence-corrected chi connectivity index (χ1v) is 8.52. The molecule has 0 spiro atoms. The van der Waals surface area contributed by atoms with Crippen LogP contribution in [0.5, 0.6) is 0 Å². The molecule has 0 radical (unpaired) electrons. The highest BCUT2D eigenvalue weighted by Crippen LogP contribution is 2.37. The summed E-state index contributed by atoms with van der Waals surface area (Å²) in [5.41, 5.74) is 5.99. The Balaban J connectivity index is 2.08. The van der Waals surface area contributed by atoms with Gasteiger partial charge in [0, 0.05) is 29.5 Å². The molecule has 0 saturated carbocycles. The van der Waals surface area contributed by atoms with Gasteiger partial charge in [0.1, 0.15) is 4.34 Å². The van der Waals surface area contributed by atoms with Crippen molar-refractivity contribution in [1.29, 1.82) is 0 Å². The van der Waals surface area contributed by atoms with Crippen molar-refractivity contribution in [1.82, 2.24) is 4.90 Å². The Bertz CT molecular complexity index is 394. The number of thiophene rings is 1. The Morgan fingerprint density at radius 3 is 3.05 bits per heavy atom. The SMILES string of the molecule is COCC1CCCN(C(CN)c2cc(Br)c(Cl)s2)C1. The number of hydrogen-bond acceptors (Lipinski definition) is 4. The van der Waals surface area contributed by atoms with E-state index in [1.807, 2.05) is 0 Å². The molecule has 0 aliphatic carbocycles. The highest BCUT2D eigenvalue weighted by Gasteiger charge is 2.27. The summed E-state index contributed by atoms with van der Waals surface area (Å²) in [6.07, 6.45) is 2.46. The van der Waals surface area contributed by atoms with Gasteiger partial charge in [0.15, 0.2) is 0 Å². The summed E-state index contributed by atoms with van der Waals surface area (Å²) in [7, 11) is 1.77. The van der Waals surface area contributed by atoms with Gasteiger partial charge in [-0.3, -0.25) is 4.90 Å². The topological polar surface area (TPSA) is 38.5 Å². The van der Waals surface area contributed by atoms with Crippen LogP contribution in [0.25, 0.3) is 0 Å². The summed E-state index contributed by atoms with van der Waals surface area (Å²) >= 11 is 11.2. The second kappa shape index (κ2) is 7.38. The van der Waals surface area contributed by atoms with Gasteiger partial charge in [0.25, 0.3) is 0 Å². The average molecular weight is 368 g/mol. The molecular weight excluding hydrogens is 348 g/mol. The predicted octanol–water partition coefficient (Wildman–Crippen LogP) is 3.52. The van der Waals surface area contributed by atoms with Crippen LogP contribution < -0.4 is 5.73 Å². The largest absolute Gasteiger partial charge is 0.384 e. The van der Waals surface area contributed by atoms with Crippen LogP contribution in [-0.4, -0.2) is 38.3 Å². The molecule has 2 N–H and O–H groups in total.